The van der Waals surface area contributed by atoms with Gasteiger partial charge in [0.25, 0.3) is 0 Å². The van der Waals surface area contributed by atoms with Crippen LogP contribution in [0.3, 0.4) is 0 Å². The number of fused-ring (bicyclic) bond motifs is 1. The molecule has 1 heterocycles. The summed E-state index contributed by atoms with van der Waals surface area (Å²) in [5.74, 6) is -0.177. The Kier molecular flexibility index (Phi) is 4.64. The number of benzene rings is 1. The highest BCUT2D eigenvalue weighted by atomic mass is 16.3. The second-order valence-corrected chi connectivity index (χ2v) is 4.13. The lowest BCUT2D eigenvalue weighted by molar-refractivity contribution is -0.116. The number of amides is 1. The first-order chi connectivity index (χ1) is 9.29. The van der Waals surface area contributed by atoms with Gasteiger partial charge in [0.05, 0.1) is 11.2 Å². The molecule has 0 aliphatic carbocycles. The van der Waals surface area contributed by atoms with Crippen LogP contribution in [0, 0.1) is 0 Å². The van der Waals surface area contributed by atoms with Crippen LogP contribution < -0.4 is 5.32 Å². The van der Waals surface area contributed by atoms with Crippen molar-refractivity contribution in [1.82, 2.24) is 10.3 Å². The van der Waals surface area contributed by atoms with Crippen LogP contribution in [-0.4, -0.2) is 29.1 Å². The van der Waals surface area contributed by atoms with E-state index in [1.807, 2.05) is 36.4 Å². The van der Waals surface area contributed by atoms with Gasteiger partial charge in [0.15, 0.2) is 0 Å². The standard InChI is InChI=1S/C15H16N2O2/c18-11-3-10-16-15(19)9-8-13-7-6-12-4-1-2-5-14(12)17-13/h1-2,4-9,18H,3,10-11H2,(H,16,19)/b9-8+. The Morgan fingerprint density at radius 1 is 1.26 bits per heavy atom. The van der Waals surface area contributed by atoms with Crippen LogP contribution in [0.15, 0.2) is 42.5 Å². The second-order valence-electron chi connectivity index (χ2n) is 4.13. The second kappa shape index (κ2) is 6.66. The van der Waals surface area contributed by atoms with Gasteiger partial charge in [-0.05, 0) is 24.6 Å². The summed E-state index contributed by atoms with van der Waals surface area (Å²) < 4.78 is 0. The molecular formula is C15H16N2O2. The molecule has 4 heteroatoms. The molecule has 0 spiro atoms. The fraction of sp³-hybridized carbons (Fsp3) is 0.200. The van der Waals surface area contributed by atoms with Crippen molar-refractivity contribution < 1.29 is 9.90 Å². The maximum atomic E-state index is 11.4. The molecule has 1 amide bonds. The molecule has 19 heavy (non-hydrogen) atoms. The Bertz CT molecular complexity index is 593. The highest BCUT2D eigenvalue weighted by Crippen LogP contribution is 2.12. The third-order valence-electron chi connectivity index (χ3n) is 2.66. The molecular weight excluding hydrogens is 240 g/mol. The van der Waals surface area contributed by atoms with Crippen molar-refractivity contribution in [2.75, 3.05) is 13.2 Å². The normalized spacial score (nSPS) is 11.0. The average Bonchev–Trinajstić information content (AvgIpc) is 2.45. The maximum absolute atomic E-state index is 11.4. The van der Waals surface area contributed by atoms with E-state index in [1.54, 1.807) is 6.08 Å². The number of nitrogens with zero attached hydrogens (tertiary/aromatic N) is 1. The van der Waals surface area contributed by atoms with Gasteiger partial charge in [0, 0.05) is 24.6 Å². The first-order valence-corrected chi connectivity index (χ1v) is 6.22. The highest BCUT2D eigenvalue weighted by Gasteiger charge is 1.97. The van der Waals surface area contributed by atoms with Gasteiger partial charge in [-0.25, -0.2) is 4.98 Å². The number of carbonyl (C=O) groups excluding carboxylic acids is 1. The fourth-order valence-corrected chi connectivity index (χ4v) is 1.69. The monoisotopic (exact) mass is 256 g/mol. The zero-order chi connectivity index (χ0) is 13.5. The van der Waals surface area contributed by atoms with Crippen LogP contribution in [0.2, 0.25) is 0 Å². The van der Waals surface area contributed by atoms with E-state index in [1.165, 1.54) is 6.08 Å². The Morgan fingerprint density at radius 2 is 2.11 bits per heavy atom. The molecule has 0 aliphatic rings. The van der Waals surface area contributed by atoms with Crippen molar-refractivity contribution >= 4 is 22.9 Å². The summed E-state index contributed by atoms with van der Waals surface area (Å²) >= 11 is 0. The van der Waals surface area contributed by atoms with E-state index in [-0.39, 0.29) is 12.5 Å². The van der Waals surface area contributed by atoms with Crippen molar-refractivity contribution in [3.05, 3.63) is 48.2 Å². The molecule has 0 radical (unpaired) electrons. The summed E-state index contributed by atoms with van der Waals surface area (Å²) in [4.78, 5) is 15.9. The number of hydrogen-bond acceptors (Lipinski definition) is 3. The zero-order valence-electron chi connectivity index (χ0n) is 10.5. The number of rotatable bonds is 5. The fourth-order valence-electron chi connectivity index (χ4n) is 1.69. The van der Waals surface area contributed by atoms with Crippen molar-refractivity contribution in [3.8, 4) is 0 Å². The molecule has 2 rings (SSSR count). The van der Waals surface area contributed by atoms with Crippen molar-refractivity contribution in [1.29, 1.82) is 0 Å². The Hall–Kier alpha value is -2.20. The zero-order valence-corrected chi connectivity index (χ0v) is 10.5. The molecule has 0 saturated carbocycles. The molecule has 2 N–H and O–H groups in total. The SMILES string of the molecule is O=C(/C=C/c1ccc2ccccc2n1)NCCCO. The summed E-state index contributed by atoms with van der Waals surface area (Å²) in [6.45, 7) is 0.557. The lowest BCUT2D eigenvalue weighted by atomic mass is 10.2. The molecule has 1 aromatic carbocycles. The number of para-hydroxylation sites is 1. The molecule has 0 saturated heterocycles. The minimum absolute atomic E-state index is 0.0796. The number of pyridine rings is 1. The van der Waals surface area contributed by atoms with Crippen LogP contribution in [0.4, 0.5) is 0 Å². The highest BCUT2D eigenvalue weighted by molar-refractivity contribution is 5.91. The van der Waals surface area contributed by atoms with Crippen LogP contribution in [0.25, 0.3) is 17.0 Å². The molecule has 0 unspecified atom stereocenters. The van der Waals surface area contributed by atoms with E-state index in [4.69, 9.17) is 5.11 Å². The Labute approximate surface area is 111 Å². The van der Waals surface area contributed by atoms with Gasteiger partial charge in [0.1, 0.15) is 0 Å². The van der Waals surface area contributed by atoms with E-state index in [9.17, 15) is 4.79 Å². The number of carbonyl (C=O) groups is 1. The van der Waals surface area contributed by atoms with Crippen molar-refractivity contribution in [3.63, 3.8) is 0 Å². The predicted octanol–water partition coefficient (Wildman–Crippen LogP) is 1.75. The van der Waals surface area contributed by atoms with Gasteiger partial charge in [-0.3, -0.25) is 4.79 Å². The lowest BCUT2D eigenvalue weighted by Gasteiger charge is -2.00. The van der Waals surface area contributed by atoms with Crippen LogP contribution in [-0.2, 0) is 4.79 Å². The molecule has 4 nitrogen and oxygen atoms in total. The average molecular weight is 256 g/mol. The number of aliphatic hydroxyl groups excluding tert-OH is 1. The molecule has 2 aromatic rings. The van der Waals surface area contributed by atoms with Crippen LogP contribution in [0.5, 0.6) is 0 Å². The van der Waals surface area contributed by atoms with E-state index >= 15 is 0 Å². The Morgan fingerprint density at radius 3 is 2.95 bits per heavy atom. The van der Waals surface area contributed by atoms with Gasteiger partial charge < -0.3 is 10.4 Å². The number of nitrogens with one attached hydrogen (secondary N) is 1. The van der Waals surface area contributed by atoms with Gasteiger partial charge in [-0.1, -0.05) is 24.3 Å². The van der Waals surface area contributed by atoms with E-state index < -0.39 is 0 Å². The molecule has 0 fully saturated rings. The summed E-state index contributed by atoms with van der Waals surface area (Å²) in [6, 6.07) is 11.7. The van der Waals surface area contributed by atoms with Crippen molar-refractivity contribution in [2.45, 2.75) is 6.42 Å². The van der Waals surface area contributed by atoms with Gasteiger partial charge in [-0.2, -0.15) is 0 Å². The van der Waals surface area contributed by atoms with Crippen LogP contribution >= 0.6 is 0 Å². The lowest BCUT2D eigenvalue weighted by Crippen LogP contribution is -2.22. The van der Waals surface area contributed by atoms with E-state index in [0.717, 1.165) is 16.6 Å². The summed E-state index contributed by atoms with van der Waals surface area (Å²) in [7, 11) is 0. The first-order valence-electron chi connectivity index (χ1n) is 6.22. The van der Waals surface area contributed by atoms with Crippen LogP contribution in [0.1, 0.15) is 12.1 Å². The quantitative estimate of drug-likeness (QED) is 0.633. The summed E-state index contributed by atoms with van der Waals surface area (Å²) in [5, 5.41) is 12.4. The minimum atomic E-state index is -0.177. The third-order valence-corrected chi connectivity index (χ3v) is 2.66. The molecule has 0 bridgehead atoms. The first kappa shape index (κ1) is 13.2. The topological polar surface area (TPSA) is 62.2 Å². The Balaban J connectivity index is 2.02. The third kappa shape index (κ3) is 3.89. The number of hydrogen-bond donors (Lipinski definition) is 2. The van der Waals surface area contributed by atoms with Gasteiger partial charge >= 0.3 is 0 Å². The summed E-state index contributed by atoms with van der Waals surface area (Å²) in [5.41, 5.74) is 1.65. The van der Waals surface area contributed by atoms with Gasteiger partial charge in [0.2, 0.25) is 5.91 Å². The molecule has 98 valence electrons. The maximum Gasteiger partial charge on any atom is 0.244 e. The predicted molar refractivity (Wildman–Crippen MR) is 75.5 cm³/mol. The number of aromatic nitrogens is 1. The molecule has 0 atom stereocenters. The molecule has 0 aliphatic heterocycles. The van der Waals surface area contributed by atoms with Crippen molar-refractivity contribution in [2.24, 2.45) is 0 Å². The van der Waals surface area contributed by atoms with E-state index in [0.29, 0.717) is 13.0 Å². The summed E-state index contributed by atoms with van der Waals surface area (Å²) in [6.07, 6.45) is 3.70. The molecule has 1 aromatic heterocycles. The number of aliphatic hydroxyl groups is 1. The minimum Gasteiger partial charge on any atom is -0.396 e. The smallest absolute Gasteiger partial charge is 0.244 e. The van der Waals surface area contributed by atoms with Gasteiger partial charge in [-0.15, -0.1) is 0 Å². The van der Waals surface area contributed by atoms with E-state index in [2.05, 4.69) is 10.3 Å². The largest absolute Gasteiger partial charge is 0.396 e.